The molecule has 1 aromatic heterocycles. The van der Waals surface area contributed by atoms with Crippen LogP contribution in [-0.2, 0) is 6.54 Å². The summed E-state index contributed by atoms with van der Waals surface area (Å²) in [6, 6.07) is 8.37. The fraction of sp³-hybridized carbons (Fsp3) is 0.0667. The number of carboxylic acid groups (broad SMARTS) is 1. The molecule has 0 amide bonds. The molecule has 0 unspecified atom stereocenters. The molecule has 0 bridgehead atoms. The van der Waals surface area contributed by atoms with Crippen molar-refractivity contribution in [1.82, 2.24) is 9.55 Å². The average molecular weight is 288 g/mol. The highest BCUT2D eigenvalue weighted by atomic mass is 19.2. The van der Waals surface area contributed by atoms with Crippen LogP contribution in [0.4, 0.5) is 8.78 Å². The van der Waals surface area contributed by atoms with Gasteiger partial charge < -0.3 is 9.67 Å². The quantitative estimate of drug-likeness (QED) is 0.806. The van der Waals surface area contributed by atoms with Crippen molar-refractivity contribution < 1.29 is 18.7 Å². The Labute approximate surface area is 118 Å². The number of para-hydroxylation sites is 1. The first kappa shape index (κ1) is 13.2. The zero-order valence-corrected chi connectivity index (χ0v) is 10.8. The number of aromatic nitrogens is 2. The second-order valence-electron chi connectivity index (χ2n) is 4.60. The lowest BCUT2D eigenvalue weighted by Gasteiger charge is -2.07. The van der Waals surface area contributed by atoms with E-state index in [-0.39, 0.29) is 12.1 Å². The first-order chi connectivity index (χ1) is 10.1. The van der Waals surface area contributed by atoms with Crippen LogP contribution in [0.15, 0.2) is 42.7 Å². The van der Waals surface area contributed by atoms with Crippen LogP contribution >= 0.6 is 0 Å². The molecule has 0 spiro atoms. The Balaban J connectivity index is 2.08. The van der Waals surface area contributed by atoms with Gasteiger partial charge >= 0.3 is 5.97 Å². The van der Waals surface area contributed by atoms with E-state index in [0.717, 1.165) is 12.1 Å². The Morgan fingerprint density at radius 2 is 2.00 bits per heavy atom. The molecule has 2 aromatic carbocycles. The number of benzene rings is 2. The summed E-state index contributed by atoms with van der Waals surface area (Å²) in [4.78, 5) is 15.4. The molecule has 0 radical (unpaired) electrons. The number of carbonyl (C=O) groups is 1. The van der Waals surface area contributed by atoms with Gasteiger partial charge in [0.15, 0.2) is 11.6 Å². The minimum atomic E-state index is -1.06. The molecule has 0 aliphatic carbocycles. The number of imidazole rings is 1. The van der Waals surface area contributed by atoms with Crippen LogP contribution in [0.2, 0.25) is 0 Å². The van der Waals surface area contributed by atoms with E-state index in [0.29, 0.717) is 16.6 Å². The minimum Gasteiger partial charge on any atom is -0.478 e. The lowest BCUT2D eigenvalue weighted by atomic mass is 10.1. The Bertz CT molecular complexity index is 843. The predicted octanol–water partition coefficient (Wildman–Crippen LogP) is 3.06. The summed E-state index contributed by atoms with van der Waals surface area (Å²) in [5.74, 6) is -2.91. The number of rotatable bonds is 3. The molecular formula is C15H10F2N2O2. The van der Waals surface area contributed by atoms with E-state index in [1.54, 1.807) is 16.7 Å². The maximum atomic E-state index is 13.2. The number of fused-ring (bicyclic) bond motifs is 1. The summed E-state index contributed by atoms with van der Waals surface area (Å²) in [6.45, 7) is 0.206. The van der Waals surface area contributed by atoms with Gasteiger partial charge in [-0.2, -0.15) is 0 Å². The second kappa shape index (κ2) is 4.97. The molecule has 0 saturated heterocycles. The van der Waals surface area contributed by atoms with Gasteiger partial charge in [0.1, 0.15) is 0 Å². The van der Waals surface area contributed by atoms with E-state index >= 15 is 0 Å². The minimum absolute atomic E-state index is 0.118. The smallest absolute Gasteiger partial charge is 0.337 e. The molecule has 6 heteroatoms. The summed E-state index contributed by atoms with van der Waals surface area (Å²) in [5.41, 5.74) is 1.63. The number of nitrogens with zero attached hydrogens (tertiary/aromatic N) is 2. The third kappa shape index (κ3) is 2.35. The maximum absolute atomic E-state index is 13.2. The van der Waals surface area contributed by atoms with Crippen LogP contribution in [0.25, 0.3) is 11.0 Å². The number of halogens is 2. The maximum Gasteiger partial charge on any atom is 0.337 e. The summed E-state index contributed by atoms with van der Waals surface area (Å²) in [5, 5.41) is 9.22. The van der Waals surface area contributed by atoms with E-state index < -0.39 is 17.6 Å². The Hall–Kier alpha value is -2.76. The van der Waals surface area contributed by atoms with E-state index in [2.05, 4.69) is 4.98 Å². The van der Waals surface area contributed by atoms with Crippen molar-refractivity contribution >= 4 is 17.0 Å². The van der Waals surface area contributed by atoms with Gasteiger partial charge in [-0.1, -0.05) is 12.1 Å². The van der Waals surface area contributed by atoms with Crippen molar-refractivity contribution in [3.05, 3.63) is 65.5 Å². The van der Waals surface area contributed by atoms with E-state index in [1.807, 2.05) is 0 Å². The number of aromatic carboxylic acids is 1. The summed E-state index contributed by atoms with van der Waals surface area (Å²) < 4.78 is 27.8. The molecule has 0 saturated carbocycles. The third-order valence-electron chi connectivity index (χ3n) is 3.21. The molecule has 0 aliphatic heterocycles. The first-order valence-electron chi connectivity index (χ1n) is 6.17. The molecule has 1 N–H and O–H groups in total. The van der Waals surface area contributed by atoms with Gasteiger partial charge in [-0.15, -0.1) is 0 Å². The summed E-state index contributed by atoms with van der Waals surface area (Å²) in [7, 11) is 0. The van der Waals surface area contributed by atoms with Gasteiger partial charge in [0.2, 0.25) is 0 Å². The lowest BCUT2D eigenvalue weighted by molar-refractivity contribution is 0.0698. The summed E-state index contributed by atoms with van der Waals surface area (Å²) in [6.07, 6.45) is 1.48. The van der Waals surface area contributed by atoms with E-state index in [4.69, 9.17) is 0 Å². The topological polar surface area (TPSA) is 55.1 Å². The second-order valence-corrected chi connectivity index (χ2v) is 4.60. The van der Waals surface area contributed by atoms with Crippen molar-refractivity contribution in [3.8, 4) is 0 Å². The number of hydrogen-bond acceptors (Lipinski definition) is 2. The van der Waals surface area contributed by atoms with Gasteiger partial charge in [0.25, 0.3) is 0 Å². The Kier molecular flexibility index (Phi) is 3.13. The molecule has 3 rings (SSSR count). The summed E-state index contributed by atoms with van der Waals surface area (Å²) >= 11 is 0. The van der Waals surface area contributed by atoms with Crippen molar-refractivity contribution in [2.45, 2.75) is 6.54 Å². The van der Waals surface area contributed by atoms with Crippen molar-refractivity contribution in [3.63, 3.8) is 0 Å². The molecule has 0 atom stereocenters. The van der Waals surface area contributed by atoms with Crippen molar-refractivity contribution in [2.75, 3.05) is 0 Å². The first-order valence-corrected chi connectivity index (χ1v) is 6.17. The van der Waals surface area contributed by atoms with Crippen molar-refractivity contribution in [2.24, 2.45) is 0 Å². The standard InChI is InChI=1S/C15H10F2N2O2/c16-11-5-4-9(6-12(11)17)7-19-8-18-13-3-1-2-10(14(13)19)15(20)21/h1-6,8H,7H2,(H,20,21). The molecule has 0 fully saturated rings. The largest absolute Gasteiger partial charge is 0.478 e. The fourth-order valence-electron chi connectivity index (χ4n) is 2.25. The molecule has 0 aliphatic rings. The third-order valence-corrected chi connectivity index (χ3v) is 3.21. The Morgan fingerprint density at radius 1 is 1.19 bits per heavy atom. The number of hydrogen-bond donors (Lipinski definition) is 1. The SMILES string of the molecule is O=C(O)c1cccc2ncn(Cc3ccc(F)c(F)c3)c12. The van der Waals surface area contributed by atoms with Crippen LogP contribution in [0, 0.1) is 11.6 Å². The van der Waals surface area contributed by atoms with Gasteiger partial charge in [-0.05, 0) is 29.8 Å². The van der Waals surface area contributed by atoms with Crippen molar-refractivity contribution in [1.29, 1.82) is 0 Å². The molecule has 4 nitrogen and oxygen atoms in total. The van der Waals surface area contributed by atoms with Crippen LogP contribution in [-0.4, -0.2) is 20.6 Å². The highest BCUT2D eigenvalue weighted by molar-refractivity contribution is 6.01. The molecular weight excluding hydrogens is 278 g/mol. The van der Waals surface area contributed by atoms with Crippen LogP contribution in [0.1, 0.15) is 15.9 Å². The van der Waals surface area contributed by atoms with Crippen LogP contribution in [0.5, 0.6) is 0 Å². The molecule has 21 heavy (non-hydrogen) atoms. The van der Waals surface area contributed by atoms with Crippen LogP contribution in [0.3, 0.4) is 0 Å². The highest BCUT2D eigenvalue weighted by Gasteiger charge is 2.13. The van der Waals surface area contributed by atoms with Gasteiger partial charge in [-0.25, -0.2) is 18.6 Å². The van der Waals surface area contributed by atoms with Gasteiger partial charge in [0, 0.05) is 6.54 Å². The number of carboxylic acids is 1. The zero-order valence-electron chi connectivity index (χ0n) is 10.8. The van der Waals surface area contributed by atoms with Crippen LogP contribution < -0.4 is 0 Å². The van der Waals surface area contributed by atoms with E-state index in [1.165, 1.54) is 18.5 Å². The predicted molar refractivity (Wildman–Crippen MR) is 72.2 cm³/mol. The average Bonchev–Trinajstić information content (AvgIpc) is 2.86. The molecule has 1 heterocycles. The molecule has 3 aromatic rings. The van der Waals surface area contributed by atoms with E-state index in [9.17, 15) is 18.7 Å². The Morgan fingerprint density at radius 3 is 2.71 bits per heavy atom. The fourth-order valence-corrected chi connectivity index (χ4v) is 2.25. The van der Waals surface area contributed by atoms with Gasteiger partial charge in [0.05, 0.1) is 22.9 Å². The normalized spacial score (nSPS) is 11.0. The highest BCUT2D eigenvalue weighted by Crippen LogP contribution is 2.20. The zero-order chi connectivity index (χ0) is 15.0. The lowest BCUT2D eigenvalue weighted by Crippen LogP contribution is -2.04. The van der Waals surface area contributed by atoms with Gasteiger partial charge in [-0.3, -0.25) is 0 Å². The molecule has 106 valence electrons. The monoisotopic (exact) mass is 288 g/mol.